The minimum Gasteiger partial charge on any atom is -0.454 e. The van der Waals surface area contributed by atoms with Gasteiger partial charge in [0.2, 0.25) is 0 Å². The zero-order chi connectivity index (χ0) is 18.0. The molecule has 134 valence electrons. The quantitative estimate of drug-likeness (QED) is 0.698. The number of amides is 1. The van der Waals surface area contributed by atoms with Crippen LogP contribution in [0.3, 0.4) is 0 Å². The average Bonchev–Trinajstić information content (AvgIpc) is 3.38. The highest BCUT2D eigenvalue weighted by molar-refractivity contribution is 7.90. The third-order valence-corrected chi connectivity index (χ3v) is 5.51. The number of esters is 1. The molecule has 1 aromatic rings. The Hall–Kier alpha value is -2.42. The molecule has 1 fully saturated rings. The molecule has 8 nitrogen and oxygen atoms in total. The molecule has 1 atom stereocenters. The number of fused-ring (bicyclic) bond motifs is 1. The van der Waals surface area contributed by atoms with Crippen LogP contribution in [0.1, 0.15) is 25.3 Å². The van der Waals surface area contributed by atoms with Crippen molar-refractivity contribution < 1.29 is 22.7 Å². The van der Waals surface area contributed by atoms with Gasteiger partial charge in [-0.25, -0.2) is 8.42 Å². The van der Waals surface area contributed by atoms with E-state index in [9.17, 15) is 18.0 Å². The molecule has 1 aliphatic carbocycles. The zero-order valence-corrected chi connectivity index (χ0v) is 14.5. The summed E-state index contributed by atoms with van der Waals surface area (Å²) in [6.07, 6.45) is 2.21. The van der Waals surface area contributed by atoms with Crippen molar-refractivity contribution in [3.05, 3.63) is 29.8 Å². The fourth-order valence-corrected chi connectivity index (χ4v) is 3.85. The third kappa shape index (κ3) is 4.16. The Morgan fingerprint density at radius 1 is 1.36 bits per heavy atom. The van der Waals surface area contributed by atoms with E-state index in [0.29, 0.717) is 11.5 Å². The molecule has 1 saturated carbocycles. The van der Waals surface area contributed by atoms with Crippen molar-refractivity contribution in [1.82, 2.24) is 10.0 Å². The first-order valence-electron chi connectivity index (χ1n) is 7.98. The monoisotopic (exact) mass is 365 g/mol. The molecule has 1 amide bonds. The molecule has 0 bridgehead atoms. The summed E-state index contributed by atoms with van der Waals surface area (Å²) in [4.78, 5) is 27.5. The van der Waals surface area contributed by atoms with Crippen molar-refractivity contribution in [1.29, 1.82) is 0 Å². The first-order valence-corrected chi connectivity index (χ1v) is 9.47. The molecule has 0 saturated heterocycles. The number of carbonyl (C=O) groups is 2. The molecular formula is C16H19N3O5S. The largest absolute Gasteiger partial charge is 0.454 e. The van der Waals surface area contributed by atoms with E-state index < -0.39 is 16.0 Å². The molecule has 0 aromatic heterocycles. The first kappa shape index (κ1) is 17.4. The van der Waals surface area contributed by atoms with Crippen LogP contribution in [0.15, 0.2) is 34.2 Å². The van der Waals surface area contributed by atoms with Crippen LogP contribution in [0.4, 0.5) is 0 Å². The Morgan fingerprint density at radius 2 is 2.08 bits per heavy atom. The normalized spacial score (nSPS) is 20.4. The van der Waals surface area contributed by atoms with Crippen molar-refractivity contribution in [2.24, 2.45) is 10.9 Å². The number of ether oxygens (including phenoxy) is 1. The summed E-state index contributed by atoms with van der Waals surface area (Å²) in [5.41, 5.74) is 0.409. The third-order valence-electron chi connectivity index (χ3n) is 4.11. The number of hydrogen-bond donors (Lipinski definition) is 2. The molecular weight excluding hydrogens is 346 g/mol. The fraction of sp³-hybridized carbons (Fsp3) is 0.438. The predicted octanol–water partition coefficient (Wildman–Crippen LogP) is 0.183. The standard InChI is InChI=1S/C16H19N3O5S/c1-10(11-6-7-11)18-14(20)9-24-15(21)8-17-16-12-4-2-3-5-13(12)25(22,23)19-16/h2-5,10-11H,6-9H2,1H3,(H,17,19)(H,18,20)/t10-/m0/s1. The van der Waals surface area contributed by atoms with Crippen molar-refractivity contribution >= 4 is 27.7 Å². The first-order chi connectivity index (χ1) is 11.9. The van der Waals surface area contributed by atoms with Gasteiger partial charge in [0.15, 0.2) is 6.61 Å². The van der Waals surface area contributed by atoms with E-state index >= 15 is 0 Å². The summed E-state index contributed by atoms with van der Waals surface area (Å²) in [7, 11) is -3.64. The number of sulfonamides is 1. The van der Waals surface area contributed by atoms with Crippen molar-refractivity contribution in [3.8, 4) is 0 Å². The van der Waals surface area contributed by atoms with Crippen LogP contribution in [0.2, 0.25) is 0 Å². The van der Waals surface area contributed by atoms with Gasteiger partial charge in [-0.2, -0.15) is 0 Å². The smallest absolute Gasteiger partial charge is 0.328 e. The summed E-state index contributed by atoms with van der Waals surface area (Å²) in [5, 5.41) is 2.77. The lowest BCUT2D eigenvalue weighted by atomic mass is 10.2. The molecule has 2 N–H and O–H groups in total. The van der Waals surface area contributed by atoms with Gasteiger partial charge < -0.3 is 10.1 Å². The Bertz CT molecular complexity index is 830. The van der Waals surface area contributed by atoms with Crippen molar-refractivity contribution in [2.45, 2.75) is 30.7 Å². The Labute approximate surface area is 145 Å². The van der Waals surface area contributed by atoms with Gasteiger partial charge >= 0.3 is 5.97 Å². The molecule has 25 heavy (non-hydrogen) atoms. The molecule has 0 spiro atoms. The van der Waals surface area contributed by atoms with E-state index in [1.807, 2.05) is 6.92 Å². The van der Waals surface area contributed by atoms with Gasteiger partial charge in [-0.15, -0.1) is 0 Å². The predicted molar refractivity (Wildman–Crippen MR) is 89.5 cm³/mol. The summed E-state index contributed by atoms with van der Waals surface area (Å²) < 4.78 is 31.0. The van der Waals surface area contributed by atoms with E-state index in [2.05, 4.69) is 15.0 Å². The number of nitrogens with one attached hydrogen (secondary N) is 2. The highest BCUT2D eigenvalue weighted by atomic mass is 32.2. The molecule has 1 aliphatic heterocycles. The molecule has 0 radical (unpaired) electrons. The summed E-state index contributed by atoms with van der Waals surface area (Å²) in [6.45, 7) is 1.17. The van der Waals surface area contributed by atoms with Crippen molar-refractivity contribution in [3.63, 3.8) is 0 Å². The van der Waals surface area contributed by atoms with E-state index in [1.165, 1.54) is 6.07 Å². The molecule has 1 aromatic carbocycles. The molecule has 1 heterocycles. The lowest BCUT2D eigenvalue weighted by Crippen LogP contribution is -2.37. The fourth-order valence-electron chi connectivity index (χ4n) is 2.60. The second kappa shape index (κ2) is 6.83. The molecule has 2 aliphatic rings. The van der Waals surface area contributed by atoms with Crippen LogP contribution < -0.4 is 10.0 Å². The Morgan fingerprint density at radius 3 is 2.80 bits per heavy atom. The van der Waals surface area contributed by atoms with E-state index in [4.69, 9.17) is 4.74 Å². The van der Waals surface area contributed by atoms with Crippen molar-refractivity contribution in [2.75, 3.05) is 13.2 Å². The molecule has 3 rings (SSSR count). The molecule has 0 unspecified atom stereocenters. The maximum Gasteiger partial charge on any atom is 0.328 e. The lowest BCUT2D eigenvalue weighted by Gasteiger charge is -2.12. The summed E-state index contributed by atoms with van der Waals surface area (Å²) in [6, 6.07) is 6.43. The maximum atomic E-state index is 11.9. The van der Waals surface area contributed by atoms with Gasteiger partial charge in [-0.3, -0.25) is 19.3 Å². The molecule has 9 heteroatoms. The van der Waals surface area contributed by atoms with Crippen LogP contribution in [0, 0.1) is 5.92 Å². The summed E-state index contributed by atoms with van der Waals surface area (Å²) in [5.74, 6) is -0.446. The number of amidine groups is 1. The van der Waals surface area contributed by atoms with Gasteiger partial charge in [0, 0.05) is 11.6 Å². The lowest BCUT2D eigenvalue weighted by molar-refractivity contribution is -0.147. The Balaban J connectivity index is 1.52. The topological polar surface area (TPSA) is 114 Å². The highest BCUT2D eigenvalue weighted by Crippen LogP contribution is 2.32. The van der Waals surface area contributed by atoms with Gasteiger partial charge in [0.1, 0.15) is 12.4 Å². The van der Waals surface area contributed by atoms with Gasteiger partial charge in [-0.05, 0) is 37.8 Å². The second-order valence-electron chi connectivity index (χ2n) is 6.12. The average molecular weight is 365 g/mol. The number of aliphatic imine (C=N–C) groups is 1. The minimum absolute atomic E-state index is 0.0795. The van der Waals surface area contributed by atoms with E-state index in [-0.39, 0.29) is 35.8 Å². The van der Waals surface area contributed by atoms with Crippen LogP contribution >= 0.6 is 0 Å². The van der Waals surface area contributed by atoms with Crippen LogP contribution in [-0.2, 0) is 24.3 Å². The van der Waals surface area contributed by atoms with Crippen LogP contribution in [0.25, 0.3) is 0 Å². The maximum absolute atomic E-state index is 11.9. The minimum atomic E-state index is -3.64. The Kier molecular flexibility index (Phi) is 4.76. The number of benzene rings is 1. The highest BCUT2D eigenvalue weighted by Gasteiger charge is 2.30. The van der Waals surface area contributed by atoms with Gasteiger partial charge in [0.25, 0.3) is 15.9 Å². The number of rotatable bonds is 6. The zero-order valence-electron chi connectivity index (χ0n) is 13.7. The second-order valence-corrected chi connectivity index (χ2v) is 7.77. The van der Waals surface area contributed by atoms with Gasteiger partial charge in [-0.1, -0.05) is 12.1 Å². The summed E-state index contributed by atoms with van der Waals surface area (Å²) >= 11 is 0. The van der Waals surface area contributed by atoms with Gasteiger partial charge in [0.05, 0.1) is 4.90 Å². The van der Waals surface area contributed by atoms with Crippen LogP contribution in [-0.4, -0.2) is 45.3 Å². The number of nitrogens with zero attached hydrogens (tertiary/aromatic N) is 1. The number of carbonyl (C=O) groups excluding carboxylic acids is 2. The van der Waals surface area contributed by atoms with E-state index in [1.54, 1.807) is 18.2 Å². The van der Waals surface area contributed by atoms with Crippen LogP contribution in [0.5, 0.6) is 0 Å². The van der Waals surface area contributed by atoms with E-state index in [0.717, 1.165) is 12.8 Å². The number of hydrogen-bond acceptors (Lipinski definition) is 6. The SMILES string of the molecule is C[C@H](NC(=O)COC(=O)CN=C1NS(=O)(=O)c2ccccc21)C1CC1.